The third-order valence-corrected chi connectivity index (χ3v) is 1.37. The van der Waals surface area contributed by atoms with E-state index in [1.54, 1.807) is 11.8 Å². The molecule has 1 aromatic rings. The van der Waals surface area contributed by atoms with Crippen molar-refractivity contribution in [3.05, 3.63) is 18.5 Å². The Kier molecular flexibility index (Phi) is 2.45. The van der Waals surface area contributed by atoms with E-state index < -0.39 is 0 Å². The summed E-state index contributed by atoms with van der Waals surface area (Å²) in [5.74, 6) is 1.71. The minimum Gasteiger partial charge on any atom is -0.225 e. The van der Waals surface area contributed by atoms with E-state index in [2.05, 4.69) is 15.0 Å². The topological polar surface area (TPSA) is 38.7 Å². The van der Waals surface area contributed by atoms with Crippen LogP contribution in [0.2, 0.25) is 0 Å². The van der Waals surface area contributed by atoms with Crippen LogP contribution < -0.4 is 0 Å². The molecule has 4 heteroatoms. The highest BCUT2D eigenvalue weighted by molar-refractivity contribution is 7.97. The van der Waals surface area contributed by atoms with Gasteiger partial charge in [0, 0.05) is 0 Å². The second-order valence-electron chi connectivity index (χ2n) is 1.49. The summed E-state index contributed by atoms with van der Waals surface area (Å²) in [5.41, 5.74) is 0. The largest absolute Gasteiger partial charge is 0.225 e. The second kappa shape index (κ2) is 3.40. The molecule has 3 nitrogen and oxygen atoms in total. The molecule has 9 heavy (non-hydrogen) atoms. The van der Waals surface area contributed by atoms with Crippen molar-refractivity contribution in [3.63, 3.8) is 0 Å². The van der Waals surface area contributed by atoms with Gasteiger partial charge in [-0.3, -0.25) is 0 Å². The zero-order valence-corrected chi connectivity index (χ0v) is 5.93. The first-order valence-corrected chi connectivity index (χ1v) is 3.92. The van der Waals surface area contributed by atoms with E-state index in [0.717, 1.165) is 11.6 Å². The summed E-state index contributed by atoms with van der Waals surface area (Å²) in [6.07, 6.45) is 5.04. The molecule has 0 radical (unpaired) electrons. The van der Waals surface area contributed by atoms with E-state index in [1.807, 2.05) is 6.26 Å². The number of thioether (sulfide) groups is 1. The molecule has 0 aromatic carbocycles. The lowest BCUT2D eigenvalue weighted by Crippen LogP contribution is -1.90. The zero-order chi connectivity index (χ0) is 6.53. The van der Waals surface area contributed by atoms with E-state index in [0.29, 0.717) is 0 Å². The summed E-state index contributed by atoms with van der Waals surface area (Å²) in [4.78, 5) is 11.5. The van der Waals surface area contributed by atoms with Crippen LogP contribution in [-0.4, -0.2) is 21.2 Å². The standard InChI is InChI=1S/C5H7N3S/c1-9-2-5-7-3-6-4-8-5/h3-4H,2H2,1H3. The average molecular weight is 141 g/mol. The van der Waals surface area contributed by atoms with E-state index in [4.69, 9.17) is 0 Å². The fourth-order valence-corrected chi connectivity index (χ4v) is 0.874. The molecule has 0 N–H and O–H groups in total. The SMILES string of the molecule is CSCc1ncncn1. The van der Waals surface area contributed by atoms with Gasteiger partial charge in [0.1, 0.15) is 18.5 Å². The van der Waals surface area contributed by atoms with Crippen LogP contribution in [0.1, 0.15) is 5.82 Å². The van der Waals surface area contributed by atoms with Gasteiger partial charge in [0.15, 0.2) is 0 Å². The van der Waals surface area contributed by atoms with Gasteiger partial charge in [-0.2, -0.15) is 11.8 Å². The molecular weight excluding hydrogens is 134 g/mol. The van der Waals surface area contributed by atoms with Crippen molar-refractivity contribution in [2.75, 3.05) is 6.26 Å². The molecule has 0 amide bonds. The Hall–Kier alpha value is -0.640. The summed E-state index contributed by atoms with van der Waals surface area (Å²) in [5, 5.41) is 0. The summed E-state index contributed by atoms with van der Waals surface area (Å²) in [6, 6.07) is 0. The summed E-state index contributed by atoms with van der Waals surface area (Å²) >= 11 is 1.70. The minimum atomic E-state index is 0.845. The summed E-state index contributed by atoms with van der Waals surface area (Å²) < 4.78 is 0. The van der Waals surface area contributed by atoms with E-state index in [-0.39, 0.29) is 0 Å². The molecule has 0 aliphatic carbocycles. The number of hydrogen-bond acceptors (Lipinski definition) is 4. The zero-order valence-electron chi connectivity index (χ0n) is 5.11. The molecule has 0 atom stereocenters. The molecule has 1 heterocycles. The first-order chi connectivity index (χ1) is 4.43. The van der Waals surface area contributed by atoms with Crippen LogP contribution in [-0.2, 0) is 5.75 Å². The van der Waals surface area contributed by atoms with Crippen molar-refractivity contribution >= 4 is 11.8 Å². The quantitative estimate of drug-likeness (QED) is 0.608. The maximum absolute atomic E-state index is 3.93. The maximum Gasteiger partial charge on any atom is 0.141 e. The van der Waals surface area contributed by atoms with Gasteiger partial charge in [-0.25, -0.2) is 15.0 Å². The van der Waals surface area contributed by atoms with Crippen molar-refractivity contribution in [1.82, 2.24) is 15.0 Å². The van der Waals surface area contributed by atoms with Crippen molar-refractivity contribution < 1.29 is 0 Å². The normalized spacial score (nSPS) is 9.44. The molecule has 0 aliphatic rings. The van der Waals surface area contributed by atoms with Gasteiger partial charge in [0.2, 0.25) is 0 Å². The molecule has 0 unspecified atom stereocenters. The highest BCUT2D eigenvalue weighted by Crippen LogP contribution is 1.99. The van der Waals surface area contributed by atoms with Gasteiger partial charge < -0.3 is 0 Å². The van der Waals surface area contributed by atoms with Crippen LogP contribution in [0.4, 0.5) is 0 Å². The highest BCUT2D eigenvalue weighted by Gasteiger charge is 1.89. The maximum atomic E-state index is 3.93. The predicted octanol–water partition coefficient (Wildman–Crippen LogP) is 0.735. The molecule has 0 saturated heterocycles. The molecule has 1 aromatic heterocycles. The van der Waals surface area contributed by atoms with Gasteiger partial charge in [-0.05, 0) is 6.26 Å². The second-order valence-corrected chi connectivity index (χ2v) is 2.35. The van der Waals surface area contributed by atoms with Crippen molar-refractivity contribution in [1.29, 1.82) is 0 Å². The lowest BCUT2D eigenvalue weighted by Gasteiger charge is -1.90. The third-order valence-electron chi connectivity index (χ3n) is 0.820. The average Bonchev–Trinajstić information content (AvgIpc) is 1.91. The molecule has 0 aliphatic heterocycles. The summed E-state index contributed by atoms with van der Waals surface area (Å²) in [6.45, 7) is 0. The van der Waals surface area contributed by atoms with E-state index >= 15 is 0 Å². The first-order valence-electron chi connectivity index (χ1n) is 2.53. The van der Waals surface area contributed by atoms with Crippen LogP contribution in [0, 0.1) is 0 Å². The lowest BCUT2D eigenvalue weighted by molar-refractivity contribution is 0.962. The Bertz CT molecular complexity index is 165. The number of hydrogen-bond donors (Lipinski definition) is 0. The van der Waals surface area contributed by atoms with E-state index in [1.165, 1.54) is 12.7 Å². The van der Waals surface area contributed by atoms with Crippen molar-refractivity contribution in [3.8, 4) is 0 Å². The Balaban J connectivity index is 2.61. The molecule has 0 bridgehead atoms. The fraction of sp³-hybridized carbons (Fsp3) is 0.400. The predicted molar refractivity (Wildman–Crippen MR) is 37.0 cm³/mol. The van der Waals surface area contributed by atoms with Gasteiger partial charge in [0.25, 0.3) is 0 Å². The lowest BCUT2D eigenvalue weighted by atomic mass is 10.7. The van der Waals surface area contributed by atoms with Crippen molar-refractivity contribution in [2.45, 2.75) is 5.75 Å². The highest BCUT2D eigenvalue weighted by atomic mass is 32.2. The monoisotopic (exact) mass is 141 g/mol. The van der Waals surface area contributed by atoms with Gasteiger partial charge in [-0.1, -0.05) is 0 Å². The number of rotatable bonds is 2. The summed E-state index contributed by atoms with van der Waals surface area (Å²) in [7, 11) is 0. The number of nitrogens with zero attached hydrogens (tertiary/aromatic N) is 3. The fourth-order valence-electron chi connectivity index (χ4n) is 0.467. The smallest absolute Gasteiger partial charge is 0.141 e. The van der Waals surface area contributed by atoms with Gasteiger partial charge >= 0.3 is 0 Å². The Labute approximate surface area is 57.9 Å². The molecular formula is C5H7N3S. The molecule has 0 saturated carbocycles. The van der Waals surface area contributed by atoms with E-state index in [9.17, 15) is 0 Å². The van der Waals surface area contributed by atoms with Crippen LogP contribution in [0.5, 0.6) is 0 Å². The minimum absolute atomic E-state index is 0.845. The first kappa shape index (κ1) is 6.48. The molecule has 0 spiro atoms. The van der Waals surface area contributed by atoms with Crippen LogP contribution in [0.15, 0.2) is 12.7 Å². The molecule has 48 valence electrons. The van der Waals surface area contributed by atoms with Gasteiger partial charge in [0.05, 0.1) is 5.75 Å². The van der Waals surface area contributed by atoms with Crippen LogP contribution in [0.3, 0.4) is 0 Å². The number of aromatic nitrogens is 3. The Morgan fingerprint density at radius 1 is 1.44 bits per heavy atom. The third kappa shape index (κ3) is 1.97. The Morgan fingerprint density at radius 3 is 2.67 bits per heavy atom. The van der Waals surface area contributed by atoms with Crippen LogP contribution >= 0.6 is 11.8 Å². The van der Waals surface area contributed by atoms with Crippen molar-refractivity contribution in [2.24, 2.45) is 0 Å². The Morgan fingerprint density at radius 2 is 2.11 bits per heavy atom. The molecule has 1 rings (SSSR count). The molecule has 0 fully saturated rings. The van der Waals surface area contributed by atoms with Crippen LogP contribution in [0.25, 0.3) is 0 Å². The van der Waals surface area contributed by atoms with Gasteiger partial charge in [-0.15, -0.1) is 0 Å².